The summed E-state index contributed by atoms with van der Waals surface area (Å²) >= 11 is 1.86. The van der Waals surface area contributed by atoms with Crippen molar-refractivity contribution < 1.29 is 4.79 Å². The van der Waals surface area contributed by atoms with Crippen LogP contribution in [0.25, 0.3) is 0 Å². The summed E-state index contributed by atoms with van der Waals surface area (Å²) in [5.74, 6) is 0.177. The van der Waals surface area contributed by atoms with E-state index in [1.807, 2.05) is 11.3 Å². The van der Waals surface area contributed by atoms with Crippen LogP contribution < -0.4 is 10.6 Å². The Labute approximate surface area is 119 Å². The van der Waals surface area contributed by atoms with Crippen LogP contribution in [0.2, 0.25) is 0 Å². The highest BCUT2D eigenvalue weighted by molar-refractivity contribution is 7.12. The molecule has 1 heterocycles. The number of carbonyl (C=O) groups excluding carboxylic acids is 1. The van der Waals surface area contributed by atoms with Gasteiger partial charge in [-0.2, -0.15) is 0 Å². The van der Waals surface area contributed by atoms with E-state index in [0.717, 1.165) is 25.9 Å². The first-order chi connectivity index (χ1) is 8.95. The zero-order chi connectivity index (χ0) is 13.9. The number of hydrogen-bond acceptors (Lipinski definition) is 3. The molecular weight excluding hydrogens is 256 g/mol. The van der Waals surface area contributed by atoms with Gasteiger partial charge >= 0.3 is 0 Å². The van der Waals surface area contributed by atoms with Crippen LogP contribution in [0, 0.1) is 0 Å². The lowest BCUT2D eigenvalue weighted by atomic mass is 9.95. The maximum absolute atomic E-state index is 11.5. The molecule has 106 valence electrons. The molecule has 0 unspecified atom stereocenters. The fraction of sp³-hybridized carbons (Fsp3) is 0.667. The van der Waals surface area contributed by atoms with E-state index >= 15 is 0 Å². The van der Waals surface area contributed by atoms with Crippen molar-refractivity contribution in [1.82, 2.24) is 10.6 Å². The number of carbonyl (C=O) groups is 1. The van der Waals surface area contributed by atoms with Gasteiger partial charge in [0.05, 0.1) is 0 Å². The summed E-state index contributed by atoms with van der Waals surface area (Å²) in [4.78, 5) is 14.2. The number of thiophene rings is 1. The Kier molecular flexibility index (Phi) is 4.63. The number of amides is 1. The van der Waals surface area contributed by atoms with Gasteiger partial charge in [0.1, 0.15) is 0 Å². The molecule has 0 atom stereocenters. The van der Waals surface area contributed by atoms with Gasteiger partial charge in [-0.25, -0.2) is 0 Å². The Bertz CT molecular complexity index is 430. The van der Waals surface area contributed by atoms with Crippen molar-refractivity contribution in [3.8, 4) is 0 Å². The highest BCUT2D eigenvalue weighted by atomic mass is 32.1. The second-order valence-corrected chi connectivity index (χ2v) is 7.45. The van der Waals surface area contributed by atoms with Crippen molar-refractivity contribution >= 4 is 17.2 Å². The quantitative estimate of drug-likeness (QED) is 0.787. The molecule has 0 radical (unpaired) electrons. The van der Waals surface area contributed by atoms with Crippen LogP contribution in [-0.2, 0) is 16.8 Å². The molecule has 1 aromatic heterocycles. The van der Waals surface area contributed by atoms with Crippen LogP contribution in [0.1, 0.15) is 49.8 Å². The largest absolute Gasteiger partial charge is 0.353 e. The van der Waals surface area contributed by atoms with Gasteiger partial charge in [0.25, 0.3) is 0 Å². The molecule has 0 aromatic carbocycles. The van der Waals surface area contributed by atoms with Crippen LogP contribution >= 0.6 is 11.3 Å². The van der Waals surface area contributed by atoms with Gasteiger partial charge < -0.3 is 10.6 Å². The summed E-state index contributed by atoms with van der Waals surface area (Å²) in [5.41, 5.74) is 0.229. The Balaban J connectivity index is 1.65. The summed E-state index contributed by atoms with van der Waals surface area (Å²) in [5, 5.41) is 6.34. The third-order valence-electron chi connectivity index (χ3n) is 3.17. The molecule has 2 rings (SSSR count). The van der Waals surface area contributed by atoms with Crippen molar-refractivity contribution in [3.63, 3.8) is 0 Å². The summed E-state index contributed by atoms with van der Waals surface area (Å²) in [6, 6.07) is 4.86. The Morgan fingerprint density at radius 3 is 2.68 bits per heavy atom. The van der Waals surface area contributed by atoms with Crippen LogP contribution in [0.3, 0.4) is 0 Å². The average molecular weight is 280 g/mol. The molecule has 1 aliphatic rings. The first kappa shape index (κ1) is 14.5. The van der Waals surface area contributed by atoms with Gasteiger partial charge in [0.2, 0.25) is 5.91 Å². The molecule has 0 aliphatic heterocycles. The predicted octanol–water partition coefficient (Wildman–Crippen LogP) is 2.80. The first-order valence-corrected chi connectivity index (χ1v) is 7.86. The van der Waals surface area contributed by atoms with E-state index in [-0.39, 0.29) is 11.3 Å². The van der Waals surface area contributed by atoms with Gasteiger partial charge in [0, 0.05) is 35.3 Å². The molecule has 0 bridgehead atoms. The lowest BCUT2D eigenvalue weighted by Gasteiger charge is -2.15. The molecule has 1 aromatic rings. The maximum Gasteiger partial charge on any atom is 0.221 e. The van der Waals surface area contributed by atoms with Gasteiger partial charge in [0.15, 0.2) is 0 Å². The summed E-state index contributed by atoms with van der Waals surface area (Å²) in [7, 11) is 0. The van der Waals surface area contributed by atoms with Crippen molar-refractivity contribution in [2.75, 3.05) is 6.54 Å². The monoisotopic (exact) mass is 280 g/mol. The fourth-order valence-electron chi connectivity index (χ4n) is 1.82. The zero-order valence-corrected chi connectivity index (χ0v) is 12.9. The van der Waals surface area contributed by atoms with Gasteiger partial charge in [-0.05, 0) is 30.4 Å². The SMILES string of the molecule is CC(C)(C)c1ccc(CNCCC(=O)NC2CC2)s1. The highest BCUT2D eigenvalue weighted by Crippen LogP contribution is 2.29. The molecule has 1 fully saturated rings. The average Bonchev–Trinajstić information content (AvgIpc) is 2.98. The lowest BCUT2D eigenvalue weighted by Crippen LogP contribution is -2.28. The van der Waals surface area contributed by atoms with Crippen molar-refractivity contribution in [2.45, 2.75) is 58.0 Å². The van der Waals surface area contributed by atoms with E-state index < -0.39 is 0 Å². The highest BCUT2D eigenvalue weighted by Gasteiger charge is 2.22. The summed E-state index contributed by atoms with van der Waals surface area (Å²) in [6.45, 7) is 8.31. The maximum atomic E-state index is 11.5. The van der Waals surface area contributed by atoms with Gasteiger partial charge in [-0.15, -0.1) is 11.3 Å². The molecular formula is C15H24N2OS. The molecule has 1 saturated carbocycles. The standard InChI is InChI=1S/C15H24N2OS/c1-15(2,3)13-7-6-12(19-13)10-16-9-8-14(18)17-11-4-5-11/h6-7,11,16H,4-5,8-10H2,1-3H3,(H,17,18). The predicted molar refractivity (Wildman–Crippen MR) is 80.5 cm³/mol. The van der Waals surface area contributed by atoms with Gasteiger partial charge in [-0.1, -0.05) is 20.8 Å². The van der Waals surface area contributed by atoms with E-state index in [4.69, 9.17) is 0 Å². The van der Waals surface area contributed by atoms with Crippen molar-refractivity contribution in [1.29, 1.82) is 0 Å². The summed E-state index contributed by atoms with van der Waals surface area (Å²) in [6.07, 6.45) is 2.89. The molecule has 1 amide bonds. The van der Waals surface area contributed by atoms with Crippen LogP contribution in [0.15, 0.2) is 12.1 Å². The minimum absolute atomic E-state index is 0.177. The number of rotatable bonds is 6. The zero-order valence-electron chi connectivity index (χ0n) is 12.1. The van der Waals surface area contributed by atoms with E-state index in [1.54, 1.807) is 0 Å². The lowest BCUT2D eigenvalue weighted by molar-refractivity contribution is -0.121. The molecule has 0 spiro atoms. The van der Waals surface area contributed by atoms with Crippen molar-refractivity contribution in [2.24, 2.45) is 0 Å². The van der Waals surface area contributed by atoms with E-state index in [0.29, 0.717) is 12.5 Å². The Hall–Kier alpha value is -0.870. The minimum Gasteiger partial charge on any atom is -0.353 e. The normalized spacial score (nSPS) is 15.5. The number of hydrogen-bond donors (Lipinski definition) is 2. The first-order valence-electron chi connectivity index (χ1n) is 7.04. The smallest absolute Gasteiger partial charge is 0.221 e. The topological polar surface area (TPSA) is 41.1 Å². The van der Waals surface area contributed by atoms with E-state index in [2.05, 4.69) is 43.5 Å². The Morgan fingerprint density at radius 2 is 2.11 bits per heavy atom. The third kappa shape index (κ3) is 4.96. The third-order valence-corrected chi connectivity index (χ3v) is 4.68. The molecule has 1 aliphatic carbocycles. The van der Waals surface area contributed by atoms with Gasteiger partial charge in [-0.3, -0.25) is 4.79 Å². The van der Waals surface area contributed by atoms with Crippen LogP contribution in [0.4, 0.5) is 0 Å². The second kappa shape index (κ2) is 6.06. The molecule has 4 heteroatoms. The molecule has 0 saturated heterocycles. The summed E-state index contributed by atoms with van der Waals surface area (Å²) < 4.78 is 0. The fourth-order valence-corrected chi connectivity index (χ4v) is 2.85. The van der Waals surface area contributed by atoms with E-state index in [9.17, 15) is 4.79 Å². The van der Waals surface area contributed by atoms with E-state index in [1.165, 1.54) is 9.75 Å². The number of nitrogens with one attached hydrogen (secondary N) is 2. The molecule has 3 nitrogen and oxygen atoms in total. The van der Waals surface area contributed by atoms with Crippen LogP contribution in [-0.4, -0.2) is 18.5 Å². The van der Waals surface area contributed by atoms with Crippen molar-refractivity contribution in [3.05, 3.63) is 21.9 Å². The second-order valence-electron chi connectivity index (χ2n) is 6.28. The molecule has 2 N–H and O–H groups in total. The molecule has 19 heavy (non-hydrogen) atoms. The Morgan fingerprint density at radius 1 is 1.37 bits per heavy atom. The minimum atomic E-state index is 0.177. The van der Waals surface area contributed by atoms with Crippen LogP contribution in [0.5, 0.6) is 0 Å².